The number of hydrogen-bond donors (Lipinski definition) is 1. The molecule has 0 amide bonds. The predicted molar refractivity (Wildman–Crippen MR) is 202 cm³/mol. The molecule has 0 fully saturated rings. The van der Waals surface area contributed by atoms with Gasteiger partial charge in [-0.1, -0.05) is 164 Å². The van der Waals surface area contributed by atoms with Gasteiger partial charge in [-0.3, -0.25) is 0 Å². The van der Waals surface area contributed by atoms with E-state index in [-0.39, 0.29) is 0 Å². The number of aromatic nitrogens is 1. The summed E-state index contributed by atoms with van der Waals surface area (Å²) in [7, 11) is 0. The maximum absolute atomic E-state index is 3.88. The van der Waals surface area contributed by atoms with Gasteiger partial charge in [0.05, 0.1) is 5.52 Å². The van der Waals surface area contributed by atoms with E-state index in [1.807, 2.05) is 0 Å². The summed E-state index contributed by atoms with van der Waals surface area (Å²) >= 11 is 0. The molecule has 0 aliphatic carbocycles. The van der Waals surface area contributed by atoms with Crippen molar-refractivity contribution in [3.63, 3.8) is 0 Å². The maximum Gasteiger partial charge on any atom is 0.0551 e. The second-order valence-corrected chi connectivity index (χ2v) is 12.5. The van der Waals surface area contributed by atoms with Crippen LogP contribution < -0.4 is 0 Å². The third-order valence-corrected chi connectivity index (χ3v) is 9.98. The van der Waals surface area contributed by atoms with E-state index in [4.69, 9.17) is 0 Å². The molecule has 0 radical (unpaired) electrons. The molecule has 1 nitrogen and oxygen atoms in total. The van der Waals surface area contributed by atoms with Gasteiger partial charge in [0.25, 0.3) is 0 Å². The minimum atomic E-state index is 1.16. The smallest absolute Gasteiger partial charge is 0.0551 e. The third kappa shape index (κ3) is 3.84. The zero-order valence-electron chi connectivity index (χ0n) is 25.7. The fourth-order valence-corrected chi connectivity index (χ4v) is 8.01. The summed E-state index contributed by atoms with van der Waals surface area (Å²) in [4.78, 5) is 3.88. The van der Waals surface area contributed by atoms with E-state index < -0.39 is 0 Å². The van der Waals surface area contributed by atoms with Crippen molar-refractivity contribution in [1.82, 2.24) is 4.98 Å². The largest absolute Gasteiger partial charge is 0.354 e. The summed E-state index contributed by atoms with van der Waals surface area (Å²) in [5.74, 6) is 0. The van der Waals surface area contributed by atoms with Gasteiger partial charge in [0.1, 0.15) is 0 Å². The van der Waals surface area contributed by atoms with Crippen LogP contribution in [-0.2, 0) is 0 Å². The van der Waals surface area contributed by atoms with Gasteiger partial charge in [0, 0.05) is 21.7 Å². The van der Waals surface area contributed by atoms with Crippen LogP contribution in [0.4, 0.5) is 0 Å². The first kappa shape index (κ1) is 26.1. The molecule has 0 unspecified atom stereocenters. The van der Waals surface area contributed by atoms with Crippen molar-refractivity contribution in [1.29, 1.82) is 0 Å². The van der Waals surface area contributed by atoms with Crippen molar-refractivity contribution in [2.45, 2.75) is 0 Å². The second kappa shape index (κ2) is 10.2. The maximum atomic E-state index is 3.88. The summed E-state index contributed by atoms with van der Waals surface area (Å²) in [6, 6.07) is 62.0. The first-order valence-corrected chi connectivity index (χ1v) is 16.3. The molecule has 9 aromatic carbocycles. The lowest BCUT2D eigenvalue weighted by molar-refractivity contribution is 1.56. The molecule has 10 aromatic rings. The van der Waals surface area contributed by atoms with Crippen LogP contribution in [0.15, 0.2) is 170 Å². The summed E-state index contributed by atoms with van der Waals surface area (Å²) in [5.41, 5.74) is 9.85. The molecule has 0 bridgehead atoms. The van der Waals surface area contributed by atoms with Gasteiger partial charge in [0.2, 0.25) is 0 Å². The van der Waals surface area contributed by atoms with Crippen molar-refractivity contribution >= 4 is 64.9 Å². The van der Waals surface area contributed by atoms with E-state index in [1.165, 1.54) is 92.8 Å². The van der Waals surface area contributed by atoms with Gasteiger partial charge in [-0.2, -0.15) is 0 Å². The monoisotopic (exact) mass is 595 g/mol. The molecule has 0 atom stereocenters. The number of nitrogens with one attached hydrogen (secondary N) is 1. The molecule has 1 heterocycles. The molecule has 1 heteroatoms. The summed E-state index contributed by atoms with van der Waals surface area (Å²) < 4.78 is 0. The fourth-order valence-electron chi connectivity index (χ4n) is 8.01. The molecular formula is C46H29N. The number of rotatable bonds is 3. The van der Waals surface area contributed by atoms with Crippen LogP contribution in [0.3, 0.4) is 0 Å². The molecule has 0 spiro atoms. The molecule has 218 valence electrons. The normalized spacial score (nSPS) is 11.8. The van der Waals surface area contributed by atoms with Gasteiger partial charge in [0.15, 0.2) is 0 Å². The van der Waals surface area contributed by atoms with Gasteiger partial charge in [-0.05, 0) is 77.2 Å². The highest BCUT2D eigenvalue weighted by atomic mass is 14.7. The number of benzene rings is 9. The lowest BCUT2D eigenvalue weighted by atomic mass is 9.84. The Balaban J connectivity index is 1.29. The molecule has 1 N–H and O–H groups in total. The standard InChI is InChI=1S/C46H29N/c1-2-14-29(15-3-1)31-16-4-7-19-34(31)44-38-23-11-9-21-36(38)43(37-22-10-12-24-39(37)44)30-26-27-41-42(28-30)47-46-40-25-13-6-18-33(40)32-17-5-8-20-35(32)45(41)46/h1-28,47H. The van der Waals surface area contributed by atoms with Crippen molar-refractivity contribution in [3.8, 4) is 33.4 Å². The minimum absolute atomic E-state index is 1.16. The lowest BCUT2D eigenvalue weighted by Gasteiger charge is -2.19. The predicted octanol–water partition coefficient (Wildman–Crippen LogP) is 12.9. The molecule has 0 saturated heterocycles. The Bertz CT molecular complexity index is 2780. The Kier molecular flexibility index (Phi) is 5.64. The van der Waals surface area contributed by atoms with Crippen LogP contribution in [0.1, 0.15) is 0 Å². The Morgan fingerprint density at radius 3 is 1.45 bits per heavy atom. The first-order valence-electron chi connectivity index (χ1n) is 16.3. The summed E-state index contributed by atoms with van der Waals surface area (Å²) in [6.45, 7) is 0. The zero-order chi connectivity index (χ0) is 30.9. The van der Waals surface area contributed by atoms with Crippen LogP contribution in [-0.4, -0.2) is 4.98 Å². The van der Waals surface area contributed by atoms with Crippen molar-refractivity contribution in [3.05, 3.63) is 170 Å². The number of H-pyrrole nitrogens is 1. The third-order valence-electron chi connectivity index (χ3n) is 9.98. The molecule has 0 saturated carbocycles. The average Bonchev–Trinajstić information content (AvgIpc) is 3.54. The lowest BCUT2D eigenvalue weighted by Crippen LogP contribution is -1.92. The highest BCUT2D eigenvalue weighted by Gasteiger charge is 2.20. The summed E-state index contributed by atoms with van der Waals surface area (Å²) in [5, 5.41) is 12.7. The van der Waals surface area contributed by atoms with Gasteiger partial charge in [-0.15, -0.1) is 0 Å². The highest BCUT2D eigenvalue weighted by Crippen LogP contribution is 2.47. The van der Waals surface area contributed by atoms with E-state index in [0.29, 0.717) is 0 Å². The SMILES string of the molecule is c1ccc(-c2ccccc2-c2c3ccccc3c(-c3ccc4c(c3)[nH]c3c5ccccc5c5ccccc5c43)c3ccccc23)cc1. The molecule has 1 aromatic heterocycles. The minimum Gasteiger partial charge on any atom is -0.354 e. The topological polar surface area (TPSA) is 15.8 Å². The van der Waals surface area contributed by atoms with Crippen LogP contribution in [0.25, 0.3) is 98.3 Å². The number of hydrogen-bond acceptors (Lipinski definition) is 0. The Morgan fingerprint density at radius 1 is 0.298 bits per heavy atom. The van der Waals surface area contributed by atoms with Gasteiger partial charge >= 0.3 is 0 Å². The van der Waals surface area contributed by atoms with Crippen molar-refractivity contribution in [2.75, 3.05) is 0 Å². The average molecular weight is 596 g/mol. The highest BCUT2D eigenvalue weighted by molar-refractivity contribution is 6.31. The molecule has 0 aliphatic heterocycles. The Morgan fingerprint density at radius 2 is 0.787 bits per heavy atom. The van der Waals surface area contributed by atoms with Crippen molar-refractivity contribution in [2.24, 2.45) is 0 Å². The van der Waals surface area contributed by atoms with Gasteiger partial charge in [-0.25, -0.2) is 0 Å². The quantitative estimate of drug-likeness (QED) is 0.154. The molecule has 47 heavy (non-hydrogen) atoms. The van der Waals surface area contributed by atoms with Crippen LogP contribution in [0.5, 0.6) is 0 Å². The molecule has 10 rings (SSSR count). The van der Waals surface area contributed by atoms with E-state index in [2.05, 4.69) is 175 Å². The Hall–Kier alpha value is -6.18. The van der Waals surface area contributed by atoms with E-state index in [9.17, 15) is 0 Å². The van der Waals surface area contributed by atoms with Crippen molar-refractivity contribution < 1.29 is 0 Å². The zero-order valence-corrected chi connectivity index (χ0v) is 25.7. The molecular weight excluding hydrogens is 567 g/mol. The number of aromatic amines is 1. The fraction of sp³-hybridized carbons (Fsp3) is 0. The van der Waals surface area contributed by atoms with E-state index >= 15 is 0 Å². The van der Waals surface area contributed by atoms with E-state index in [1.54, 1.807) is 0 Å². The Labute approximate surface area is 272 Å². The first-order chi connectivity index (χ1) is 23.3. The van der Waals surface area contributed by atoms with Crippen LogP contribution in [0.2, 0.25) is 0 Å². The van der Waals surface area contributed by atoms with Gasteiger partial charge < -0.3 is 4.98 Å². The van der Waals surface area contributed by atoms with Crippen LogP contribution in [0, 0.1) is 0 Å². The summed E-state index contributed by atoms with van der Waals surface area (Å²) in [6.07, 6.45) is 0. The van der Waals surface area contributed by atoms with E-state index in [0.717, 1.165) is 5.52 Å². The number of fused-ring (bicyclic) bond motifs is 10. The van der Waals surface area contributed by atoms with Crippen LogP contribution >= 0.6 is 0 Å². The molecule has 0 aliphatic rings. The second-order valence-electron chi connectivity index (χ2n) is 12.5.